The number of aromatic nitrogens is 3. The monoisotopic (exact) mass is 233 g/mol. The Morgan fingerprint density at radius 3 is 2.59 bits per heavy atom. The molecule has 1 heterocycles. The second kappa shape index (κ2) is 4.65. The van der Waals surface area contributed by atoms with Crippen molar-refractivity contribution in [1.29, 1.82) is 0 Å². The van der Waals surface area contributed by atoms with Gasteiger partial charge in [-0.25, -0.2) is 9.67 Å². The van der Waals surface area contributed by atoms with Gasteiger partial charge in [-0.05, 0) is 12.5 Å². The summed E-state index contributed by atoms with van der Waals surface area (Å²) in [6.07, 6.45) is 2.00. The Labute approximate surface area is 99.4 Å². The molecule has 0 saturated carbocycles. The lowest BCUT2D eigenvalue weighted by molar-refractivity contribution is -0.0852. The van der Waals surface area contributed by atoms with E-state index >= 15 is 0 Å². The molecule has 5 heteroatoms. The van der Waals surface area contributed by atoms with Crippen LogP contribution in [0.5, 0.6) is 0 Å². The Morgan fingerprint density at radius 1 is 1.35 bits per heavy atom. The molecule has 0 bridgehead atoms. The Bertz CT molecular complexity index is 456. The number of benzene rings is 1. The minimum Gasteiger partial charge on any atom is -0.390 e. The van der Waals surface area contributed by atoms with Crippen LogP contribution in [0.15, 0.2) is 43.0 Å². The molecule has 17 heavy (non-hydrogen) atoms. The highest BCUT2D eigenvalue weighted by molar-refractivity contribution is 5.23. The van der Waals surface area contributed by atoms with Crippen LogP contribution in [0.3, 0.4) is 0 Å². The van der Waals surface area contributed by atoms with Gasteiger partial charge < -0.3 is 10.2 Å². The van der Waals surface area contributed by atoms with Crippen molar-refractivity contribution in [3.05, 3.63) is 48.5 Å². The van der Waals surface area contributed by atoms with Gasteiger partial charge in [-0.1, -0.05) is 30.3 Å². The molecule has 0 fully saturated rings. The van der Waals surface area contributed by atoms with Crippen molar-refractivity contribution in [2.45, 2.75) is 25.2 Å². The van der Waals surface area contributed by atoms with Gasteiger partial charge in [0, 0.05) is 0 Å². The Kier molecular flexibility index (Phi) is 3.21. The van der Waals surface area contributed by atoms with Crippen molar-refractivity contribution in [1.82, 2.24) is 14.8 Å². The van der Waals surface area contributed by atoms with Crippen LogP contribution in [0.2, 0.25) is 0 Å². The Morgan fingerprint density at radius 2 is 2.06 bits per heavy atom. The van der Waals surface area contributed by atoms with E-state index in [-0.39, 0.29) is 6.54 Å². The lowest BCUT2D eigenvalue weighted by atomic mass is 9.89. The van der Waals surface area contributed by atoms with E-state index in [0.29, 0.717) is 5.56 Å². The van der Waals surface area contributed by atoms with Crippen molar-refractivity contribution in [2.75, 3.05) is 0 Å². The standard InChI is InChI=1S/C12H15N3O2/c1-10(16)12(17,7-15-9-13-8-14-15)11-5-3-2-4-6-11/h2-6,8-10,16-17H,7H2,1H3/t10?,12-/m1/s1. The molecular formula is C12H15N3O2. The number of hydrogen-bond acceptors (Lipinski definition) is 4. The fraction of sp³-hybridized carbons (Fsp3) is 0.333. The highest BCUT2D eigenvalue weighted by Crippen LogP contribution is 2.26. The summed E-state index contributed by atoms with van der Waals surface area (Å²) in [4.78, 5) is 3.82. The Hall–Kier alpha value is -1.72. The molecule has 0 spiro atoms. The molecule has 1 aromatic carbocycles. The molecule has 0 amide bonds. The molecule has 2 aromatic rings. The predicted octanol–water partition coefficient (Wildman–Crippen LogP) is 0.547. The maximum absolute atomic E-state index is 10.6. The molecule has 1 unspecified atom stereocenters. The van der Waals surface area contributed by atoms with Gasteiger partial charge in [0.25, 0.3) is 0 Å². The van der Waals surface area contributed by atoms with Crippen molar-refractivity contribution in [2.24, 2.45) is 0 Å². The van der Waals surface area contributed by atoms with Gasteiger partial charge in [-0.15, -0.1) is 0 Å². The lowest BCUT2D eigenvalue weighted by Crippen LogP contribution is -2.41. The van der Waals surface area contributed by atoms with Crippen molar-refractivity contribution >= 4 is 0 Å². The molecule has 0 radical (unpaired) electrons. The molecule has 0 saturated heterocycles. The average Bonchev–Trinajstić information content (AvgIpc) is 2.82. The van der Waals surface area contributed by atoms with Gasteiger partial charge in [0.2, 0.25) is 0 Å². The second-order valence-corrected chi connectivity index (χ2v) is 4.06. The first-order chi connectivity index (χ1) is 8.13. The van der Waals surface area contributed by atoms with Crippen molar-refractivity contribution in [3.8, 4) is 0 Å². The van der Waals surface area contributed by atoms with E-state index in [1.807, 2.05) is 18.2 Å². The largest absolute Gasteiger partial charge is 0.390 e. The first-order valence-corrected chi connectivity index (χ1v) is 5.41. The second-order valence-electron chi connectivity index (χ2n) is 4.06. The molecular weight excluding hydrogens is 218 g/mol. The molecule has 5 nitrogen and oxygen atoms in total. The molecule has 1 aromatic heterocycles. The van der Waals surface area contributed by atoms with Gasteiger partial charge in [-0.2, -0.15) is 5.10 Å². The van der Waals surface area contributed by atoms with E-state index in [1.165, 1.54) is 17.3 Å². The van der Waals surface area contributed by atoms with E-state index in [9.17, 15) is 10.2 Å². The third-order valence-corrected chi connectivity index (χ3v) is 2.83. The third kappa shape index (κ3) is 2.35. The zero-order valence-corrected chi connectivity index (χ0v) is 9.56. The highest BCUT2D eigenvalue weighted by atomic mass is 16.3. The summed E-state index contributed by atoms with van der Waals surface area (Å²) in [5.41, 5.74) is -0.708. The van der Waals surface area contributed by atoms with Crippen LogP contribution in [0.4, 0.5) is 0 Å². The highest BCUT2D eigenvalue weighted by Gasteiger charge is 2.35. The van der Waals surface area contributed by atoms with Gasteiger partial charge in [0.05, 0.1) is 12.6 Å². The quantitative estimate of drug-likeness (QED) is 0.809. The van der Waals surface area contributed by atoms with Gasteiger partial charge in [-0.3, -0.25) is 0 Å². The van der Waals surface area contributed by atoms with E-state index in [2.05, 4.69) is 10.1 Å². The minimum atomic E-state index is -1.37. The lowest BCUT2D eigenvalue weighted by Gasteiger charge is -2.31. The predicted molar refractivity (Wildman–Crippen MR) is 62.0 cm³/mol. The number of aliphatic hydroxyl groups excluding tert-OH is 1. The third-order valence-electron chi connectivity index (χ3n) is 2.83. The summed E-state index contributed by atoms with van der Waals surface area (Å²) in [5.74, 6) is 0. The van der Waals surface area contributed by atoms with Crippen molar-refractivity contribution < 1.29 is 10.2 Å². The summed E-state index contributed by atoms with van der Waals surface area (Å²) in [6, 6.07) is 9.07. The fourth-order valence-corrected chi connectivity index (χ4v) is 1.75. The van der Waals surface area contributed by atoms with Crippen molar-refractivity contribution in [3.63, 3.8) is 0 Å². The molecule has 90 valence electrons. The maximum atomic E-state index is 10.6. The number of rotatable bonds is 4. The van der Waals surface area contributed by atoms with E-state index in [4.69, 9.17) is 0 Å². The Balaban J connectivity index is 2.33. The zero-order chi connectivity index (χ0) is 12.3. The smallest absolute Gasteiger partial charge is 0.137 e. The number of nitrogens with zero attached hydrogens (tertiary/aromatic N) is 3. The molecule has 0 aliphatic carbocycles. The SMILES string of the molecule is CC(O)[C@](O)(Cn1cncn1)c1ccccc1. The summed E-state index contributed by atoms with van der Waals surface area (Å²) in [7, 11) is 0. The van der Waals surface area contributed by atoms with E-state index in [0.717, 1.165) is 0 Å². The summed E-state index contributed by atoms with van der Waals surface area (Å²) in [5, 5.41) is 24.3. The van der Waals surface area contributed by atoms with E-state index in [1.54, 1.807) is 19.1 Å². The molecule has 2 atom stereocenters. The van der Waals surface area contributed by atoms with Crippen LogP contribution in [-0.2, 0) is 12.1 Å². The maximum Gasteiger partial charge on any atom is 0.137 e. The van der Waals surface area contributed by atoms with Crippen LogP contribution in [0.1, 0.15) is 12.5 Å². The topological polar surface area (TPSA) is 71.2 Å². The first kappa shape index (κ1) is 11.8. The zero-order valence-electron chi connectivity index (χ0n) is 9.56. The summed E-state index contributed by atoms with van der Waals surface area (Å²) >= 11 is 0. The molecule has 2 N–H and O–H groups in total. The van der Waals surface area contributed by atoms with Gasteiger partial charge >= 0.3 is 0 Å². The van der Waals surface area contributed by atoms with Crippen LogP contribution in [-0.4, -0.2) is 31.1 Å². The van der Waals surface area contributed by atoms with Crippen LogP contribution < -0.4 is 0 Å². The first-order valence-electron chi connectivity index (χ1n) is 5.41. The normalized spacial score (nSPS) is 16.4. The summed E-state index contributed by atoms with van der Waals surface area (Å²) < 4.78 is 1.50. The number of hydrogen-bond donors (Lipinski definition) is 2. The van der Waals surface area contributed by atoms with Crippen LogP contribution >= 0.6 is 0 Å². The fourth-order valence-electron chi connectivity index (χ4n) is 1.75. The average molecular weight is 233 g/mol. The van der Waals surface area contributed by atoms with Crippen LogP contribution in [0.25, 0.3) is 0 Å². The molecule has 2 rings (SSSR count). The van der Waals surface area contributed by atoms with E-state index < -0.39 is 11.7 Å². The van der Waals surface area contributed by atoms with Gasteiger partial charge in [0.1, 0.15) is 18.3 Å². The number of aliphatic hydroxyl groups is 2. The van der Waals surface area contributed by atoms with Gasteiger partial charge in [0.15, 0.2) is 0 Å². The van der Waals surface area contributed by atoms with Crippen LogP contribution in [0, 0.1) is 0 Å². The summed E-state index contributed by atoms with van der Waals surface area (Å²) in [6.45, 7) is 1.72. The minimum absolute atomic E-state index is 0.161. The molecule has 0 aliphatic rings. The molecule has 0 aliphatic heterocycles.